The molecule has 6 heteroatoms. The van der Waals surface area contributed by atoms with Gasteiger partial charge in [-0.2, -0.15) is 0 Å². The van der Waals surface area contributed by atoms with Gasteiger partial charge in [0.25, 0.3) is 0 Å². The molecule has 0 aliphatic carbocycles. The van der Waals surface area contributed by atoms with Crippen molar-refractivity contribution in [1.29, 1.82) is 0 Å². The minimum Gasteiger partial charge on any atom is -0.486 e. The van der Waals surface area contributed by atoms with Crippen molar-refractivity contribution in [2.45, 2.75) is 6.61 Å². The summed E-state index contributed by atoms with van der Waals surface area (Å²) >= 11 is 8.93. The molecule has 16 heavy (non-hydrogen) atoms. The lowest BCUT2D eigenvalue weighted by molar-refractivity contribution is 0.299. The zero-order chi connectivity index (χ0) is 11.4. The van der Waals surface area contributed by atoms with E-state index in [0.717, 1.165) is 4.47 Å². The molecule has 0 aromatic carbocycles. The second-order valence-corrected chi connectivity index (χ2v) is 4.26. The Bertz CT molecular complexity index is 478. The lowest BCUT2D eigenvalue weighted by Gasteiger charge is -2.04. The summed E-state index contributed by atoms with van der Waals surface area (Å²) in [5.74, 6) is 0.672. The van der Waals surface area contributed by atoms with Crippen molar-refractivity contribution in [3.05, 3.63) is 46.2 Å². The number of rotatable bonds is 3. The molecule has 2 aromatic heterocycles. The smallest absolute Gasteiger partial charge is 0.147 e. The van der Waals surface area contributed by atoms with Gasteiger partial charge >= 0.3 is 0 Å². The molecule has 0 spiro atoms. The summed E-state index contributed by atoms with van der Waals surface area (Å²) in [7, 11) is 0. The monoisotopic (exact) mass is 299 g/mol. The van der Waals surface area contributed by atoms with Gasteiger partial charge in [-0.05, 0) is 22.0 Å². The van der Waals surface area contributed by atoms with Crippen LogP contribution in [0.25, 0.3) is 0 Å². The van der Waals surface area contributed by atoms with Crippen LogP contribution in [0, 0.1) is 0 Å². The lowest BCUT2D eigenvalue weighted by atomic mass is 10.4. The maximum atomic E-state index is 5.62. The Morgan fingerprint density at radius 2 is 2.06 bits per heavy atom. The molecule has 0 aliphatic heterocycles. The Morgan fingerprint density at radius 1 is 1.19 bits per heavy atom. The fourth-order valence-electron chi connectivity index (χ4n) is 1.04. The van der Waals surface area contributed by atoms with Crippen LogP contribution in [0.2, 0.25) is 5.15 Å². The summed E-state index contributed by atoms with van der Waals surface area (Å²) in [6, 6.07) is 1.83. The Balaban J connectivity index is 1.99. The molecule has 0 N–H and O–H groups in total. The summed E-state index contributed by atoms with van der Waals surface area (Å²) in [6.45, 7) is 0.336. The zero-order valence-corrected chi connectivity index (χ0v) is 10.4. The molecule has 2 rings (SSSR count). The number of ether oxygens (including phenoxy) is 1. The van der Waals surface area contributed by atoms with E-state index in [1.54, 1.807) is 18.6 Å². The summed E-state index contributed by atoms with van der Waals surface area (Å²) in [5.41, 5.74) is 0.712. The second kappa shape index (κ2) is 5.23. The van der Waals surface area contributed by atoms with E-state index in [4.69, 9.17) is 16.3 Å². The van der Waals surface area contributed by atoms with Gasteiger partial charge in [0.1, 0.15) is 17.5 Å². The molecule has 2 aromatic rings. The predicted molar refractivity (Wildman–Crippen MR) is 63.3 cm³/mol. The van der Waals surface area contributed by atoms with Crippen LogP contribution in [0.1, 0.15) is 5.69 Å². The second-order valence-electron chi connectivity index (χ2n) is 2.96. The first-order valence-corrected chi connectivity index (χ1v) is 5.61. The van der Waals surface area contributed by atoms with Crippen molar-refractivity contribution in [2.24, 2.45) is 0 Å². The fraction of sp³-hybridized carbons (Fsp3) is 0.100. The van der Waals surface area contributed by atoms with Gasteiger partial charge in [-0.3, -0.25) is 9.97 Å². The molecule has 0 radical (unpaired) electrons. The number of aromatic nitrogens is 3. The van der Waals surface area contributed by atoms with Crippen LogP contribution in [0.4, 0.5) is 0 Å². The van der Waals surface area contributed by atoms with E-state index in [1.165, 1.54) is 6.20 Å². The van der Waals surface area contributed by atoms with Gasteiger partial charge in [0.15, 0.2) is 0 Å². The normalized spacial score (nSPS) is 10.1. The molecule has 0 unspecified atom stereocenters. The molecule has 0 amide bonds. The Kier molecular flexibility index (Phi) is 3.69. The summed E-state index contributed by atoms with van der Waals surface area (Å²) < 4.78 is 6.34. The highest BCUT2D eigenvalue weighted by atomic mass is 79.9. The molecule has 0 saturated heterocycles. The van der Waals surface area contributed by atoms with Crippen molar-refractivity contribution in [1.82, 2.24) is 15.0 Å². The maximum absolute atomic E-state index is 5.62. The molecular formula is C10H7BrClN3O. The quantitative estimate of drug-likeness (QED) is 0.874. The number of halogens is 2. The Labute approximate surface area is 106 Å². The summed E-state index contributed by atoms with van der Waals surface area (Å²) in [4.78, 5) is 12.0. The molecule has 0 fully saturated rings. The highest BCUT2D eigenvalue weighted by molar-refractivity contribution is 9.10. The van der Waals surface area contributed by atoms with Crippen LogP contribution in [0.5, 0.6) is 5.75 Å². The van der Waals surface area contributed by atoms with Crippen LogP contribution in [-0.4, -0.2) is 15.0 Å². The first-order valence-electron chi connectivity index (χ1n) is 4.44. The van der Waals surface area contributed by atoms with E-state index >= 15 is 0 Å². The third-order valence-electron chi connectivity index (χ3n) is 1.74. The predicted octanol–water partition coefficient (Wildman–Crippen LogP) is 2.87. The fourth-order valence-corrected chi connectivity index (χ4v) is 1.48. The SMILES string of the molecule is Clc1cnc(COc2cncc(Br)c2)cn1. The van der Waals surface area contributed by atoms with Gasteiger partial charge < -0.3 is 4.74 Å². The van der Waals surface area contributed by atoms with Crippen LogP contribution in [0.15, 0.2) is 35.3 Å². The van der Waals surface area contributed by atoms with E-state index in [2.05, 4.69) is 30.9 Å². The van der Waals surface area contributed by atoms with Gasteiger partial charge in [0.05, 0.1) is 24.3 Å². The molecule has 2 heterocycles. The molecular weight excluding hydrogens is 293 g/mol. The van der Waals surface area contributed by atoms with E-state index in [-0.39, 0.29) is 0 Å². The summed E-state index contributed by atoms with van der Waals surface area (Å²) in [6.07, 6.45) is 6.39. The lowest BCUT2D eigenvalue weighted by Crippen LogP contribution is -1.99. The van der Waals surface area contributed by atoms with Crippen molar-refractivity contribution < 1.29 is 4.74 Å². The van der Waals surface area contributed by atoms with E-state index in [1.807, 2.05) is 6.07 Å². The van der Waals surface area contributed by atoms with Gasteiger partial charge in [-0.15, -0.1) is 0 Å². The number of hydrogen-bond acceptors (Lipinski definition) is 4. The van der Waals surface area contributed by atoms with Crippen molar-refractivity contribution in [3.8, 4) is 5.75 Å². The minimum absolute atomic E-state index is 0.336. The van der Waals surface area contributed by atoms with Crippen molar-refractivity contribution >= 4 is 27.5 Å². The average molecular weight is 301 g/mol. The first kappa shape index (κ1) is 11.3. The van der Waals surface area contributed by atoms with Crippen LogP contribution < -0.4 is 4.74 Å². The highest BCUT2D eigenvalue weighted by Crippen LogP contribution is 2.16. The van der Waals surface area contributed by atoms with Gasteiger partial charge in [0, 0.05) is 10.7 Å². The molecule has 0 bridgehead atoms. The van der Waals surface area contributed by atoms with Gasteiger partial charge in [-0.25, -0.2) is 4.98 Å². The molecule has 0 atom stereocenters. The summed E-state index contributed by atoms with van der Waals surface area (Å²) in [5, 5.41) is 0.368. The van der Waals surface area contributed by atoms with Crippen molar-refractivity contribution in [3.63, 3.8) is 0 Å². The molecule has 0 saturated carbocycles. The largest absolute Gasteiger partial charge is 0.486 e. The topological polar surface area (TPSA) is 47.9 Å². The van der Waals surface area contributed by atoms with Gasteiger partial charge in [0.2, 0.25) is 0 Å². The maximum Gasteiger partial charge on any atom is 0.147 e. The van der Waals surface area contributed by atoms with E-state index in [0.29, 0.717) is 23.2 Å². The van der Waals surface area contributed by atoms with Crippen LogP contribution in [-0.2, 0) is 6.61 Å². The van der Waals surface area contributed by atoms with Gasteiger partial charge in [-0.1, -0.05) is 11.6 Å². The highest BCUT2D eigenvalue weighted by Gasteiger charge is 1.99. The number of pyridine rings is 1. The number of hydrogen-bond donors (Lipinski definition) is 0. The van der Waals surface area contributed by atoms with Crippen LogP contribution >= 0.6 is 27.5 Å². The standard InChI is InChI=1S/C10H7BrClN3O/c11-7-1-9(4-13-2-7)16-6-8-3-15-10(12)5-14-8/h1-5H,6H2. The first-order chi connectivity index (χ1) is 7.74. The van der Waals surface area contributed by atoms with E-state index in [9.17, 15) is 0 Å². The molecule has 82 valence electrons. The van der Waals surface area contributed by atoms with E-state index < -0.39 is 0 Å². The average Bonchev–Trinajstić information content (AvgIpc) is 2.28. The van der Waals surface area contributed by atoms with Crippen molar-refractivity contribution in [2.75, 3.05) is 0 Å². The molecule has 4 nitrogen and oxygen atoms in total. The Hall–Kier alpha value is -1.20. The third kappa shape index (κ3) is 3.15. The minimum atomic E-state index is 0.336. The third-order valence-corrected chi connectivity index (χ3v) is 2.37. The zero-order valence-electron chi connectivity index (χ0n) is 8.10. The number of nitrogens with zero attached hydrogens (tertiary/aromatic N) is 3. The Morgan fingerprint density at radius 3 is 2.75 bits per heavy atom. The van der Waals surface area contributed by atoms with Crippen LogP contribution in [0.3, 0.4) is 0 Å². The molecule has 0 aliphatic rings.